The van der Waals surface area contributed by atoms with Crippen LogP contribution in [-0.2, 0) is 0 Å². The van der Waals surface area contributed by atoms with Crippen molar-refractivity contribution in [2.45, 2.75) is 13.8 Å². The molecular formula is C21H19N3O4. The highest BCUT2D eigenvalue weighted by molar-refractivity contribution is 6.04. The average Bonchev–Trinajstić information content (AvgIpc) is 3.05. The lowest BCUT2D eigenvalue weighted by Crippen LogP contribution is -2.41. The van der Waals surface area contributed by atoms with Gasteiger partial charge in [-0.25, -0.2) is 0 Å². The smallest absolute Gasteiger partial charge is 0.273 e. The number of hydrogen-bond donors (Lipinski definition) is 3. The van der Waals surface area contributed by atoms with E-state index in [0.717, 1.165) is 0 Å². The lowest BCUT2D eigenvalue weighted by atomic mass is 10.1. The second-order valence-corrected chi connectivity index (χ2v) is 6.13. The van der Waals surface area contributed by atoms with Crippen molar-refractivity contribution in [3.8, 4) is 0 Å². The van der Waals surface area contributed by atoms with Gasteiger partial charge in [0.1, 0.15) is 11.5 Å². The number of hydrogen-bond acceptors (Lipinski definition) is 4. The van der Waals surface area contributed by atoms with Crippen molar-refractivity contribution >= 4 is 23.4 Å². The fourth-order valence-corrected chi connectivity index (χ4v) is 2.61. The van der Waals surface area contributed by atoms with Gasteiger partial charge in [-0.2, -0.15) is 0 Å². The van der Waals surface area contributed by atoms with E-state index in [1.165, 1.54) is 0 Å². The van der Waals surface area contributed by atoms with Crippen LogP contribution in [0.1, 0.15) is 42.6 Å². The van der Waals surface area contributed by atoms with E-state index >= 15 is 0 Å². The third-order valence-corrected chi connectivity index (χ3v) is 4.02. The quantitative estimate of drug-likeness (QED) is 0.608. The molecule has 0 fully saturated rings. The summed E-state index contributed by atoms with van der Waals surface area (Å²) in [4.78, 5) is 36.4. The maximum Gasteiger partial charge on any atom is 0.273 e. The molecular weight excluding hydrogens is 358 g/mol. The van der Waals surface area contributed by atoms with Gasteiger partial charge in [-0.1, -0.05) is 18.2 Å². The van der Waals surface area contributed by atoms with Crippen LogP contribution in [-0.4, -0.2) is 17.7 Å². The van der Waals surface area contributed by atoms with E-state index in [-0.39, 0.29) is 5.91 Å². The first-order chi connectivity index (χ1) is 13.4. The van der Waals surface area contributed by atoms with E-state index in [0.29, 0.717) is 33.9 Å². The molecule has 0 spiro atoms. The third-order valence-electron chi connectivity index (χ3n) is 4.02. The first-order valence-corrected chi connectivity index (χ1v) is 8.58. The molecule has 2 aromatic carbocycles. The zero-order valence-corrected chi connectivity index (χ0v) is 15.4. The SMILES string of the molecule is Cc1cc(C(=O)NNC(=O)c2ccc(NC(=O)c3ccccc3)cc2)c(C)o1. The van der Waals surface area contributed by atoms with Crippen LogP contribution in [0.15, 0.2) is 65.1 Å². The maximum atomic E-state index is 12.2. The number of furan rings is 1. The summed E-state index contributed by atoms with van der Waals surface area (Å²) in [5, 5.41) is 2.75. The van der Waals surface area contributed by atoms with Crippen molar-refractivity contribution in [1.29, 1.82) is 0 Å². The summed E-state index contributed by atoms with van der Waals surface area (Å²) in [6.07, 6.45) is 0. The summed E-state index contributed by atoms with van der Waals surface area (Å²) >= 11 is 0. The molecule has 3 amide bonds. The van der Waals surface area contributed by atoms with Crippen LogP contribution in [0.2, 0.25) is 0 Å². The lowest BCUT2D eigenvalue weighted by molar-refractivity contribution is 0.0845. The Morgan fingerprint density at radius 3 is 1.96 bits per heavy atom. The molecule has 3 aromatic rings. The summed E-state index contributed by atoms with van der Waals surface area (Å²) in [5.74, 6) is -0.0951. The molecule has 0 saturated carbocycles. The number of carbonyl (C=O) groups excluding carboxylic acids is 3. The highest BCUT2D eigenvalue weighted by Crippen LogP contribution is 2.13. The van der Waals surface area contributed by atoms with Crippen molar-refractivity contribution in [2.24, 2.45) is 0 Å². The zero-order chi connectivity index (χ0) is 20.1. The Morgan fingerprint density at radius 1 is 0.750 bits per heavy atom. The molecule has 0 unspecified atom stereocenters. The van der Waals surface area contributed by atoms with E-state index in [2.05, 4.69) is 16.2 Å². The third kappa shape index (κ3) is 4.45. The summed E-state index contributed by atoms with van der Waals surface area (Å²) in [7, 11) is 0. The number of aryl methyl sites for hydroxylation is 2. The number of benzene rings is 2. The van der Waals surface area contributed by atoms with Crippen molar-refractivity contribution in [3.05, 3.63) is 88.9 Å². The normalized spacial score (nSPS) is 10.2. The van der Waals surface area contributed by atoms with Crippen LogP contribution in [0.25, 0.3) is 0 Å². The number of nitrogens with one attached hydrogen (secondary N) is 3. The minimum Gasteiger partial charge on any atom is -0.466 e. The molecule has 7 nitrogen and oxygen atoms in total. The molecule has 3 rings (SSSR count). The molecule has 28 heavy (non-hydrogen) atoms. The van der Waals surface area contributed by atoms with Crippen LogP contribution >= 0.6 is 0 Å². The second-order valence-electron chi connectivity index (χ2n) is 6.13. The highest BCUT2D eigenvalue weighted by atomic mass is 16.3. The Kier molecular flexibility index (Phi) is 5.55. The van der Waals surface area contributed by atoms with Gasteiger partial charge >= 0.3 is 0 Å². The minimum absolute atomic E-state index is 0.240. The van der Waals surface area contributed by atoms with E-state index < -0.39 is 11.8 Å². The van der Waals surface area contributed by atoms with Crippen molar-refractivity contribution in [2.75, 3.05) is 5.32 Å². The molecule has 0 radical (unpaired) electrons. The van der Waals surface area contributed by atoms with Crippen LogP contribution in [0.5, 0.6) is 0 Å². The summed E-state index contributed by atoms with van der Waals surface area (Å²) in [6.45, 7) is 3.41. The van der Waals surface area contributed by atoms with Crippen LogP contribution in [0.4, 0.5) is 5.69 Å². The Bertz CT molecular complexity index is 1010. The molecule has 0 aliphatic heterocycles. The molecule has 3 N–H and O–H groups in total. The number of rotatable bonds is 4. The molecule has 0 saturated heterocycles. The maximum absolute atomic E-state index is 12.2. The molecule has 0 aliphatic rings. The Morgan fingerprint density at radius 2 is 1.36 bits per heavy atom. The van der Waals surface area contributed by atoms with Gasteiger partial charge in [0.05, 0.1) is 5.56 Å². The summed E-state index contributed by atoms with van der Waals surface area (Å²) < 4.78 is 5.30. The van der Waals surface area contributed by atoms with Crippen LogP contribution in [0, 0.1) is 13.8 Å². The van der Waals surface area contributed by atoms with Gasteiger partial charge in [-0.3, -0.25) is 25.2 Å². The van der Waals surface area contributed by atoms with Gasteiger partial charge in [0.2, 0.25) is 0 Å². The van der Waals surface area contributed by atoms with Gasteiger partial charge in [0, 0.05) is 16.8 Å². The lowest BCUT2D eigenvalue weighted by Gasteiger charge is -2.08. The van der Waals surface area contributed by atoms with E-state index in [4.69, 9.17) is 4.42 Å². The Balaban J connectivity index is 1.57. The standard InChI is InChI=1S/C21H19N3O4/c1-13-12-18(14(2)28-13)21(27)24-23-20(26)16-8-10-17(11-9-16)22-19(25)15-6-4-3-5-7-15/h3-12H,1-2H3,(H,22,25)(H,23,26)(H,24,27). The topological polar surface area (TPSA) is 100 Å². The van der Waals surface area contributed by atoms with Crippen molar-refractivity contribution < 1.29 is 18.8 Å². The van der Waals surface area contributed by atoms with Crippen molar-refractivity contribution in [1.82, 2.24) is 10.9 Å². The molecule has 1 aromatic heterocycles. The van der Waals surface area contributed by atoms with Gasteiger partial charge in [-0.15, -0.1) is 0 Å². The molecule has 7 heteroatoms. The van der Waals surface area contributed by atoms with Gasteiger partial charge in [0.25, 0.3) is 17.7 Å². The number of carbonyl (C=O) groups is 3. The highest BCUT2D eigenvalue weighted by Gasteiger charge is 2.14. The van der Waals surface area contributed by atoms with E-state index in [1.807, 2.05) is 6.07 Å². The number of amides is 3. The molecule has 0 atom stereocenters. The average molecular weight is 377 g/mol. The van der Waals surface area contributed by atoms with E-state index in [9.17, 15) is 14.4 Å². The predicted octanol–water partition coefficient (Wildman–Crippen LogP) is 3.22. The molecule has 0 aliphatic carbocycles. The Hall–Kier alpha value is -3.87. The molecule has 142 valence electrons. The van der Waals surface area contributed by atoms with Gasteiger partial charge < -0.3 is 9.73 Å². The van der Waals surface area contributed by atoms with E-state index in [1.54, 1.807) is 68.4 Å². The van der Waals surface area contributed by atoms with Gasteiger partial charge in [-0.05, 0) is 56.3 Å². The first kappa shape index (κ1) is 18.9. The zero-order valence-electron chi connectivity index (χ0n) is 15.4. The predicted molar refractivity (Wildman–Crippen MR) is 104 cm³/mol. The molecule has 0 bridgehead atoms. The van der Waals surface area contributed by atoms with Gasteiger partial charge in [0.15, 0.2) is 0 Å². The molecule has 1 heterocycles. The second kappa shape index (κ2) is 8.22. The Labute approximate surface area is 161 Å². The monoisotopic (exact) mass is 377 g/mol. The first-order valence-electron chi connectivity index (χ1n) is 8.58. The fourth-order valence-electron chi connectivity index (χ4n) is 2.61. The van der Waals surface area contributed by atoms with Crippen molar-refractivity contribution in [3.63, 3.8) is 0 Å². The largest absolute Gasteiger partial charge is 0.466 e. The summed E-state index contributed by atoms with van der Waals surface area (Å²) in [6, 6.07) is 16.7. The fraction of sp³-hybridized carbons (Fsp3) is 0.0952. The summed E-state index contributed by atoms with van der Waals surface area (Å²) in [5.41, 5.74) is 6.49. The number of hydrazine groups is 1. The van der Waals surface area contributed by atoms with Crippen LogP contribution < -0.4 is 16.2 Å². The minimum atomic E-state index is -0.479. The number of anilines is 1. The van der Waals surface area contributed by atoms with Crippen LogP contribution in [0.3, 0.4) is 0 Å².